The molecule has 1 atom stereocenters. The number of unbranched alkanes of at least 4 members (excludes halogenated alkanes) is 1. The molecule has 0 aromatic heterocycles. The van der Waals surface area contributed by atoms with E-state index in [0.29, 0.717) is 29.0 Å². The van der Waals surface area contributed by atoms with Crippen molar-refractivity contribution in [3.05, 3.63) is 35.9 Å². The summed E-state index contributed by atoms with van der Waals surface area (Å²) in [4.78, 5) is 11.6. The number of hydrogen-bond acceptors (Lipinski definition) is 4. The number of aliphatic carboxylic acids is 1. The second kappa shape index (κ2) is 7.27. The van der Waals surface area contributed by atoms with Gasteiger partial charge in [-0.15, -0.1) is 0 Å². The van der Waals surface area contributed by atoms with Gasteiger partial charge in [0.05, 0.1) is 0 Å². The van der Waals surface area contributed by atoms with E-state index < -0.39 is 11.5 Å². The number of nitrogens with one attached hydrogen (secondary N) is 1. The molecule has 0 aliphatic rings. The zero-order valence-corrected chi connectivity index (χ0v) is 12.6. The molecule has 18 heavy (non-hydrogen) atoms. The second-order valence-corrected chi connectivity index (χ2v) is 4.54. The van der Waals surface area contributed by atoms with E-state index in [-0.39, 0.29) is 0 Å². The van der Waals surface area contributed by atoms with Crippen molar-refractivity contribution >= 4 is 16.5 Å². The molecular formula is C12H20N2O3Si. The van der Waals surface area contributed by atoms with Crippen molar-refractivity contribution in [1.82, 2.24) is 5.48 Å². The van der Waals surface area contributed by atoms with Crippen LogP contribution in [-0.2, 0) is 14.9 Å². The van der Waals surface area contributed by atoms with E-state index in [0.717, 1.165) is 12.8 Å². The normalized spacial score (nSPS) is 14.3. The van der Waals surface area contributed by atoms with Crippen molar-refractivity contribution in [2.45, 2.75) is 24.8 Å². The number of hydrogen-bond donors (Lipinski definition) is 3. The van der Waals surface area contributed by atoms with Gasteiger partial charge in [-0.1, -0.05) is 30.3 Å². The Balaban J connectivity index is 3.01. The van der Waals surface area contributed by atoms with Crippen molar-refractivity contribution in [1.29, 1.82) is 0 Å². The van der Waals surface area contributed by atoms with Gasteiger partial charge in [-0.05, 0) is 31.4 Å². The zero-order valence-electron chi connectivity index (χ0n) is 10.6. The van der Waals surface area contributed by atoms with Crippen molar-refractivity contribution < 1.29 is 14.4 Å². The largest absolute Gasteiger partial charge is 0.480 e. The predicted molar refractivity (Wildman–Crippen MR) is 72.8 cm³/mol. The number of carboxylic acids is 1. The minimum Gasteiger partial charge on any atom is -0.480 e. The third kappa shape index (κ3) is 3.39. The maximum atomic E-state index is 11.6. The Kier molecular flexibility index (Phi) is 6.00. The van der Waals surface area contributed by atoms with Gasteiger partial charge in [-0.25, -0.2) is 4.79 Å². The van der Waals surface area contributed by atoms with Gasteiger partial charge in [0.2, 0.25) is 0 Å². The molecule has 0 saturated heterocycles. The molecule has 0 fully saturated rings. The smallest absolute Gasteiger partial charge is 0.330 e. The van der Waals surface area contributed by atoms with Crippen molar-refractivity contribution in [3.8, 4) is 0 Å². The summed E-state index contributed by atoms with van der Waals surface area (Å²) in [7, 11) is 0.427. The number of rotatable bonds is 8. The van der Waals surface area contributed by atoms with Crippen LogP contribution in [0.25, 0.3) is 0 Å². The minimum absolute atomic E-state index is 0.427. The molecule has 4 N–H and O–H groups in total. The first kappa shape index (κ1) is 14.8. The molecule has 1 aromatic rings. The molecule has 0 bridgehead atoms. The highest BCUT2D eigenvalue weighted by atomic mass is 28.2. The fourth-order valence-corrected chi connectivity index (χ4v) is 2.31. The van der Waals surface area contributed by atoms with Crippen molar-refractivity contribution in [2.24, 2.45) is 5.73 Å². The van der Waals surface area contributed by atoms with Crippen LogP contribution in [-0.4, -0.2) is 28.1 Å². The molecule has 0 aliphatic carbocycles. The zero-order chi connectivity index (χ0) is 13.4. The van der Waals surface area contributed by atoms with E-state index in [9.17, 15) is 9.90 Å². The Hall–Kier alpha value is -1.21. The average Bonchev–Trinajstić information content (AvgIpc) is 2.38. The molecule has 5 nitrogen and oxygen atoms in total. The van der Waals surface area contributed by atoms with Gasteiger partial charge in [0, 0.05) is 0 Å². The van der Waals surface area contributed by atoms with Crippen LogP contribution in [0.3, 0.4) is 0 Å². The van der Waals surface area contributed by atoms with E-state index in [4.69, 9.17) is 10.3 Å². The van der Waals surface area contributed by atoms with E-state index in [1.54, 1.807) is 12.1 Å². The van der Waals surface area contributed by atoms with Gasteiger partial charge in [0.25, 0.3) is 0 Å². The lowest BCUT2D eigenvalue weighted by Crippen LogP contribution is -2.49. The van der Waals surface area contributed by atoms with Crippen molar-refractivity contribution in [3.63, 3.8) is 0 Å². The van der Waals surface area contributed by atoms with Crippen LogP contribution in [0.15, 0.2) is 30.3 Å². The first-order valence-electron chi connectivity index (χ1n) is 5.96. The molecule has 6 heteroatoms. The summed E-state index contributed by atoms with van der Waals surface area (Å²) < 4.78 is 5.03. The maximum absolute atomic E-state index is 11.6. The molecule has 0 saturated carbocycles. The predicted octanol–water partition coefficient (Wildman–Crippen LogP) is -0.103. The summed E-state index contributed by atoms with van der Waals surface area (Å²) in [5.41, 5.74) is 7.66. The first-order chi connectivity index (χ1) is 8.67. The molecule has 0 heterocycles. The molecule has 1 aromatic carbocycles. The Morgan fingerprint density at radius 1 is 1.39 bits per heavy atom. The highest BCUT2D eigenvalue weighted by molar-refractivity contribution is 5.98. The Bertz CT molecular complexity index is 375. The van der Waals surface area contributed by atoms with Gasteiger partial charge < -0.3 is 15.4 Å². The van der Waals surface area contributed by atoms with E-state index in [2.05, 4.69) is 5.48 Å². The van der Waals surface area contributed by atoms with Gasteiger partial charge in [0.15, 0.2) is 16.0 Å². The van der Waals surface area contributed by atoms with Gasteiger partial charge in [0.1, 0.15) is 0 Å². The molecule has 0 spiro atoms. The highest BCUT2D eigenvalue weighted by Crippen LogP contribution is 2.27. The number of nitrogens with two attached hydrogens (primary N) is 1. The minimum atomic E-state index is -1.18. The lowest BCUT2D eigenvalue weighted by molar-refractivity contribution is -0.150. The Morgan fingerprint density at radius 2 is 2.06 bits per heavy atom. The number of carbonyl (C=O) groups is 1. The fraction of sp³-hybridized carbons (Fsp3) is 0.417. The summed E-state index contributed by atoms with van der Waals surface area (Å²) in [5.74, 6) is -0.929. The topological polar surface area (TPSA) is 84.6 Å². The van der Waals surface area contributed by atoms with E-state index >= 15 is 0 Å². The van der Waals surface area contributed by atoms with Crippen LogP contribution in [0.5, 0.6) is 0 Å². The number of benzene rings is 1. The van der Waals surface area contributed by atoms with Gasteiger partial charge in [-0.2, -0.15) is 5.48 Å². The lowest BCUT2D eigenvalue weighted by Gasteiger charge is -2.30. The lowest BCUT2D eigenvalue weighted by atomic mass is 9.85. The summed E-state index contributed by atoms with van der Waals surface area (Å²) in [5, 5.41) is 9.55. The monoisotopic (exact) mass is 268 g/mol. The van der Waals surface area contributed by atoms with E-state index in [1.807, 2.05) is 18.2 Å². The third-order valence-corrected chi connectivity index (χ3v) is 3.12. The van der Waals surface area contributed by atoms with Gasteiger partial charge >= 0.3 is 5.97 Å². The Morgan fingerprint density at radius 3 is 2.56 bits per heavy atom. The molecule has 0 aliphatic heterocycles. The fourth-order valence-electron chi connectivity index (χ4n) is 1.96. The average molecular weight is 268 g/mol. The standard InChI is InChI=1S/C12H20N2O3Si/c13-9-5-4-8-12(11(15)16,14-17-18)10-6-2-1-3-7-10/h1-3,6-7,14H,4-5,8-9,13H2,18H3,(H,15,16)/t12-/m1/s1. The molecule has 1 rings (SSSR count). The quantitative estimate of drug-likeness (QED) is 0.348. The third-order valence-electron chi connectivity index (χ3n) is 2.91. The molecular weight excluding hydrogens is 248 g/mol. The van der Waals surface area contributed by atoms with E-state index in [1.165, 1.54) is 0 Å². The summed E-state index contributed by atoms with van der Waals surface area (Å²) >= 11 is 0. The second-order valence-electron chi connectivity index (χ2n) is 4.13. The molecule has 0 radical (unpaired) electrons. The van der Waals surface area contributed by atoms with Crippen molar-refractivity contribution in [2.75, 3.05) is 6.54 Å². The summed E-state index contributed by atoms with van der Waals surface area (Å²) in [6.45, 7) is 0.562. The van der Waals surface area contributed by atoms with Crippen LogP contribution < -0.4 is 11.2 Å². The van der Waals surface area contributed by atoms with Crippen LogP contribution in [0.4, 0.5) is 0 Å². The van der Waals surface area contributed by atoms with Gasteiger partial charge in [-0.3, -0.25) is 0 Å². The molecule has 100 valence electrons. The number of hydroxylamine groups is 1. The molecule has 0 unspecified atom stereocenters. The van der Waals surface area contributed by atoms with Crippen LogP contribution >= 0.6 is 0 Å². The van der Waals surface area contributed by atoms with Crippen LogP contribution in [0.1, 0.15) is 24.8 Å². The first-order valence-corrected chi connectivity index (χ1v) is 6.78. The number of carboxylic acid groups (broad SMARTS) is 1. The summed E-state index contributed by atoms with van der Waals surface area (Å²) in [6.07, 6.45) is 1.98. The van der Waals surface area contributed by atoms with Crippen LogP contribution in [0, 0.1) is 0 Å². The highest BCUT2D eigenvalue weighted by Gasteiger charge is 2.39. The SMILES string of the molecule is NCCCC[C@](NO[SiH3])(C(=O)O)c1ccccc1. The summed E-state index contributed by atoms with van der Waals surface area (Å²) in [6, 6.07) is 9.10. The van der Waals surface area contributed by atoms with Crippen LogP contribution in [0.2, 0.25) is 0 Å². The molecule has 0 amide bonds. The maximum Gasteiger partial charge on any atom is 0.330 e. The Labute approximate surface area is 110 Å².